The van der Waals surface area contributed by atoms with Crippen molar-refractivity contribution in [1.29, 1.82) is 10.5 Å². The molecule has 0 radical (unpaired) electrons. The second-order valence-electron chi connectivity index (χ2n) is 4.57. The number of benzene rings is 1. The minimum atomic E-state index is 0.00786. The third-order valence-corrected chi connectivity index (χ3v) is 4.43. The van der Waals surface area contributed by atoms with E-state index in [1.165, 1.54) is 0 Å². The molecule has 3 rings (SSSR count). The summed E-state index contributed by atoms with van der Waals surface area (Å²) in [6.07, 6.45) is 0. The number of aromatic nitrogens is 2. The summed E-state index contributed by atoms with van der Waals surface area (Å²) in [7, 11) is 0. The van der Waals surface area contributed by atoms with E-state index < -0.39 is 0 Å². The molecule has 0 fully saturated rings. The Morgan fingerprint density at radius 1 is 1.09 bits per heavy atom. The van der Waals surface area contributed by atoms with Gasteiger partial charge in [-0.15, -0.1) is 0 Å². The molecule has 6 heteroatoms. The molecule has 1 heterocycles. The maximum atomic E-state index is 9.13. The normalized spacial score (nSPS) is 11.4. The zero-order chi connectivity index (χ0) is 16.0. The predicted molar refractivity (Wildman–Crippen MR) is 90.7 cm³/mol. The van der Waals surface area contributed by atoms with Crippen LogP contribution in [0.1, 0.15) is 28.2 Å². The largest absolute Gasteiger partial charge is 0.232 e. The van der Waals surface area contributed by atoms with Gasteiger partial charge in [0.2, 0.25) is 0 Å². The Labute approximate surface area is 143 Å². The molecule has 104 valence electrons. The smallest absolute Gasteiger partial charge is 0.177 e. The summed E-state index contributed by atoms with van der Waals surface area (Å²) in [6.45, 7) is 8.00. The molecule has 0 N–H and O–H groups in total. The van der Waals surface area contributed by atoms with Gasteiger partial charge in [-0.25, -0.2) is 9.97 Å². The van der Waals surface area contributed by atoms with Gasteiger partial charge in [0.15, 0.2) is 11.4 Å². The van der Waals surface area contributed by atoms with E-state index in [1.54, 1.807) is 0 Å². The van der Waals surface area contributed by atoms with Crippen LogP contribution in [0.15, 0.2) is 29.8 Å². The first kappa shape index (κ1) is 14.6. The highest BCUT2D eigenvalue weighted by atomic mass is 79.9. The van der Waals surface area contributed by atoms with E-state index in [0.29, 0.717) is 21.4 Å². The van der Waals surface area contributed by atoms with Crippen LogP contribution in [-0.4, -0.2) is 9.97 Å². The number of rotatable bonds is 1. The Kier molecular flexibility index (Phi) is 3.44. The van der Waals surface area contributed by atoms with Gasteiger partial charge in [0.05, 0.1) is 11.4 Å². The Morgan fingerprint density at radius 3 is 2.23 bits per heavy atom. The topological polar surface area (TPSA) is 73.4 Å². The van der Waals surface area contributed by atoms with Crippen LogP contribution in [0.25, 0.3) is 21.3 Å². The molecule has 2 aromatic rings. The van der Waals surface area contributed by atoms with Crippen molar-refractivity contribution in [2.24, 2.45) is 0 Å². The number of hydrogen-bond donors (Lipinski definition) is 0. The zero-order valence-electron chi connectivity index (χ0n) is 11.1. The second kappa shape index (κ2) is 5.17. The van der Waals surface area contributed by atoms with Gasteiger partial charge in [-0.1, -0.05) is 51.1 Å². The molecule has 4 nitrogen and oxygen atoms in total. The third-order valence-electron chi connectivity index (χ3n) is 3.38. The predicted octanol–water partition coefficient (Wildman–Crippen LogP) is 4.39. The van der Waals surface area contributed by atoms with E-state index in [1.807, 2.05) is 24.3 Å². The lowest BCUT2D eigenvalue weighted by Crippen LogP contribution is -1.98. The summed E-state index contributed by atoms with van der Waals surface area (Å²) in [4.78, 5) is 8.56. The van der Waals surface area contributed by atoms with Crippen molar-refractivity contribution in [2.45, 2.75) is 0 Å². The Balaban J connectivity index is 2.41. The summed E-state index contributed by atoms with van der Waals surface area (Å²) in [6, 6.07) is 7.58. The second-order valence-corrected chi connectivity index (χ2v) is 6.38. The summed E-state index contributed by atoms with van der Waals surface area (Å²) in [5.74, 6) is 0. The summed E-state index contributed by atoms with van der Waals surface area (Å²) < 4.78 is 1.56. The number of fused-ring (bicyclic) bond motifs is 3. The minimum Gasteiger partial charge on any atom is -0.232 e. The average molecular weight is 414 g/mol. The van der Waals surface area contributed by atoms with Gasteiger partial charge in [-0.3, -0.25) is 0 Å². The standard InChI is InChI=1S/C16H6Br2N4/c1-7-13-9(3-4-10(18)14(13)8(2)17)16-15(7)21-11(5-19)12(6-20)22-16/h3-4H,1-2H2. The monoisotopic (exact) mass is 412 g/mol. The number of nitriles is 2. The van der Waals surface area contributed by atoms with E-state index in [9.17, 15) is 0 Å². The Morgan fingerprint density at radius 2 is 1.68 bits per heavy atom. The molecule has 22 heavy (non-hydrogen) atoms. The molecule has 0 saturated heterocycles. The third kappa shape index (κ3) is 1.93. The SMILES string of the molecule is C=C(Br)c1c(Br)ccc2c1C(=C)c1nc(C#N)c(C#N)nc1-2. The molecule has 0 atom stereocenters. The van der Waals surface area contributed by atoms with E-state index in [2.05, 4.69) is 55.0 Å². The quantitative estimate of drug-likeness (QED) is 0.592. The van der Waals surface area contributed by atoms with Crippen LogP contribution >= 0.6 is 31.9 Å². The lowest BCUT2D eigenvalue weighted by molar-refractivity contribution is 1.12. The van der Waals surface area contributed by atoms with E-state index in [-0.39, 0.29) is 11.4 Å². The molecule has 0 amide bonds. The van der Waals surface area contributed by atoms with Crippen LogP contribution in [0, 0.1) is 22.7 Å². The number of halogens is 2. The lowest BCUT2D eigenvalue weighted by Gasteiger charge is -2.10. The van der Waals surface area contributed by atoms with Crippen molar-refractivity contribution >= 4 is 41.9 Å². The van der Waals surface area contributed by atoms with E-state index >= 15 is 0 Å². The first-order chi connectivity index (χ1) is 10.5. The molecule has 1 aromatic heterocycles. The fourth-order valence-electron chi connectivity index (χ4n) is 2.46. The van der Waals surface area contributed by atoms with Crippen LogP contribution in [-0.2, 0) is 0 Å². The van der Waals surface area contributed by atoms with Gasteiger partial charge in [0.1, 0.15) is 12.1 Å². The highest BCUT2D eigenvalue weighted by Gasteiger charge is 2.30. The van der Waals surface area contributed by atoms with Crippen molar-refractivity contribution in [3.8, 4) is 23.4 Å². The average Bonchev–Trinajstić information content (AvgIpc) is 2.78. The van der Waals surface area contributed by atoms with Crippen molar-refractivity contribution < 1.29 is 0 Å². The van der Waals surface area contributed by atoms with Gasteiger partial charge >= 0.3 is 0 Å². The Hall–Kier alpha value is -2.28. The number of nitrogens with zero attached hydrogens (tertiary/aromatic N) is 4. The molecule has 0 bridgehead atoms. The molecular formula is C16H6Br2N4. The maximum absolute atomic E-state index is 9.13. The molecule has 1 aliphatic carbocycles. The van der Waals surface area contributed by atoms with Crippen LogP contribution in [0.5, 0.6) is 0 Å². The molecule has 1 aromatic carbocycles. The van der Waals surface area contributed by atoms with Gasteiger partial charge in [-0.05, 0) is 6.07 Å². The fourth-order valence-corrected chi connectivity index (χ4v) is 3.71. The molecule has 0 aliphatic heterocycles. The van der Waals surface area contributed by atoms with Gasteiger partial charge < -0.3 is 0 Å². The lowest BCUT2D eigenvalue weighted by atomic mass is 10.0. The van der Waals surface area contributed by atoms with Gasteiger partial charge in [-0.2, -0.15) is 10.5 Å². The minimum absolute atomic E-state index is 0.00786. The van der Waals surface area contributed by atoms with Crippen molar-refractivity contribution in [3.63, 3.8) is 0 Å². The highest BCUT2D eigenvalue weighted by Crippen LogP contribution is 2.47. The summed E-state index contributed by atoms with van der Waals surface area (Å²) in [5, 5.41) is 18.2. The highest BCUT2D eigenvalue weighted by molar-refractivity contribution is 9.15. The molecule has 1 aliphatic rings. The van der Waals surface area contributed by atoms with E-state index in [4.69, 9.17) is 10.5 Å². The fraction of sp³-hybridized carbons (Fsp3) is 0. The van der Waals surface area contributed by atoms with Gasteiger partial charge in [0.25, 0.3) is 0 Å². The first-order valence-electron chi connectivity index (χ1n) is 6.09. The number of hydrogen-bond acceptors (Lipinski definition) is 4. The Bertz CT molecular complexity index is 962. The first-order valence-corrected chi connectivity index (χ1v) is 7.67. The maximum Gasteiger partial charge on any atom is 0.177 e. The van der Waals surface area contributed by atoms with Crippen molar-refractivity contribution in [2.75, 3.05) is 0 Å². The summed E-state index contributed by atoms with van der Waals surface area (Å²) in [5.41, 5.74) is 4.32. The van der Waals surface area contributed by atoms with Crippen LogP contribution < -0.4 is 0 Å². The molecule has 0 saturated carbocycles. The van der Waals surface area contributed by atoms with Crippen LogP contribution in [0.4, 0.5) is 0 Å². The van der Waals surface area contributed by atoms with Gasteiger partial charge in [0, 0.05) is 31.2 Å². The zero-order valence-corrected chi connectivity index (χ0v) is 14.3. The van der Waals surface area contributed by atoms with Crippen LogP contribution in [0.2, 0.25) is 0 Å². The summed E-state index contributed by atoms with van der Waals surface area (Å²) >= 11 is 6.91. The molecular weight excluding hydrogens is 408 g/mol. The molecule has 0 spiro atoms. The van der Waals surface area contributed by atoms with E-state index in [0.717, 1.165) is 21.2 Å². The van der Waals surface area contributed by atoms with Crippen LogP contribution in [0.3, 0.4) is 0 Å². The van der Waals surface area contributed by atoms with Crippen molar-refractivity contribution in [3.05, 3.63) is 58.0 Å². The van der Waals surface area contributed by atoms with Crippen molar-refractivity contribution in [1.82, 2.24) is 9.97 Å². The molecule has 0 unspecified atom stereocenters.